The van der Waals surface area contributed by atoms with E-state index >= 15 is 0 Å². The van der Waals surface area contributed by atoms with E-state index in [9.17, 15) is 5.11 Å². The molecular weight excluding hydrogens is 254 g/mol. The molecule has 2 rings (SSSR count). The van der Waals surface area contributed by atoms with Crippen molar-refractivity contribution in [2.45, 2.75) is 45.3 Å². The molecule has 5 nitrogen and oxygen atoms in total. The van der Waals surface area contributed by atoms with Crippen LogP contribution in [0, 0.1) is 12.8 Å². The summed E-state index contributed by atoms with van der Waals surface area (Å²) in [4.78, 5) is 4.22. The smallest absolute Gasteiger partial charge is 0.191 e. The van der Waals surface area contributed by atoms with Gasteiger partial charge >= 0.3 is 0 Å². The number of aliphatic hydroxyl groups excluding tert-OH is 1. The van der Waals surface area contributed by atoms with Crippen LogP contribution in [0.25, 0.3) is 0 Å². The second kappa shape index (κ2) is 6.79. The van der Waals surface area contributed by atoms with E-state index in [4.69, 9.17) is 4.42 Å². The van der Waals surface area contributed by atoms with Crippen LogP contribution in [0.15, 0.2) is 21.5 Å². The van der Waals surface area contributed by atoms with Crippen LogP contribution >= 0.6 is 0 Å². The molecule has 3 N–H and O–H groups in total. The summed E-state index contributed by atoms with van der Waals surface area (Å²) in [6.45, 7) is 4.73. The Morgan fingerprint density at radius 3 is 2.85 bits per heavy atom. The third kappa shape index (κ3) is 3.76. The van der Waals surface area contributed by atoms with Crippen LogP contribution < -0.4 is 10.6 Å². The minimum absolute atomic E-state index is 0.0587. The lowest BCUT2D eigenvalue weighted by atomic mass is 10.1. The molecule has 0 aliphatic heterocycles. The van der Waals surface area contributed by atoms with Gasteiger partial charge in [0.05, 0.1) is 12.1 Å². The van der Waals surface area contributed by atoms with Gasteiger partial charge in [0, 0.05) is 19.5 Å². The zero-order chi connectivity index (χ0) is 14.5. The largest absolute Gasteiger partial charge is 0.464 e. The standard InChI is InChI=1S/C15H25N3O2/c1-10-7-8-14(20-10)11(2)18-15(16-3)17-9-12-5-4-6-13(12)19/h7-8,11-13,19H,4-6,9H2,1-3H3,(H2,16,17,18). The Morgan fingerprint density at radius 2 is 2.30 bits per heavy atom. The van der Waals surface area contributed by atoms with E-state index in [2.05, 4.69) is 15.6 Å². The molecule has 0 radical (unpaired) electrons. The van der Waals surface area contributed by atoms with Crippen LogP contribution in [0.3, 0.4) is 0 Å². The highest BCUT2D eigenvalue weighted by Crippen LogP contribution is 2.24. The van der Waals surface area contributed by atoms with Gasteiger partial charge in [-0.3, -0.25) is 4.99 Å². The molecule has 0 aromatic carbocycles. The summed E-state index contributed by atoms with van der Waals surface area (Å²) in [7, 11) is 1.75. The van der Waals surface area contributed by atoms with Crippen molar-refractivity contribution in [3.63, 3.8) is 0 Å². The number of aliphatic imine (C=N–C) groups is 1. The first-order valence-corrected chi connectivity index (χ1v) is 7.31. The van der Waals surface area contributed by atoms with Crippen molar-refractivity contribution in [3.05, 3.63) is 23.7 Å². The quantitative estimate of drug-likeness (QED) is 0.582. The molecule has 1 aliphatic carbocycles. The van der Waals surface area contributed by atoms with Crippen molar-refractivity contribution < 1.29 is 9.52 Å². The molecule has 1 aromatic heterocycles. The highest BCUT2D eigenvalue weighted by atomic mass is 16.3. The van der Waals surface area contributed by atoms with Gasteiger partial charge < -0.3 is 20.2 Å². The van der Waals surface area contributed by atoms with Gasteiger partial charge in [-0.05, 0) is 38.8 Å². The molecule has 20 heavy (non-hydrogen) atoms. The van der Waals surface area contributed by atoms with Crippen LogP contribution in [0.5, 0.6) is 0 Å². The molecule has 112 valence electrons. The third-order valence-electron chi connectivity index (χ3n) is 3.92. The van der Waals surface area contributed by atoms with E-state index in [1.807, 2.05) is 26.0 Å². The summed E-state index contributed by atoms with van der Waals surface area (Å²) in [6, 6.07) is 3.99. The molecule has 1 aliphatic rings. The minimum Gasteiger partial charge on any atom is -0.464 e. The van der Waals surface area contributed by atoms with Gasteiger partial charge in [-0.1, -0.05) is 6.42 Å². The summed E-state index contributed by atoms with van der Waals surface area (Å²) in [5.41, 5.74) is 0. The van der Waals surface area contributed by atoms with E-state index in [1.54, 1.807) is 7.05 Å². The van der Waals surface area contributed by atoms with Crippen molar-refractivity contribution in [1.82, 2.24) is 10.6 Å². The van der Waals surface area contributed by atoms with Crippen LogP contribution in [-0.4, -0.2) is 30.8 Å². The van der Waals surface area contributed by atoms with Crippen molar-refractivity contribution in [1.29, 1.82) is 0 Å². The number of hydrogen-bond acceptors (Lipinski definition) is 3. The lowest BCUT2D eigenvalue weighted by Gasteiger charge is -2.20. The van der Waals surface area contributed by atoms with Crippen molar-refractivity contribution >= 4 is 5.96 Å². The first-order chi connectivity index (χ1) is 9.60. The predicted molar refractivity (Wildman–Crippen MR) is 79.7 cm³/mol. The van der Waals surface area contributed by atoms with E-state index in [-0.39, 0.29) is 12.1 Å². The molecule has 3 unspecified atom stereocenters. The number of guanidine groups is 1. The summed E-state index contributed by atoms with van der Waals surface area (Å²) >= 11 is 0. The maximum atomic E-state index is 9.82. The Bertz CT molecular complexity index is 456. The van der Waals surface area contributed by atoms with E-state index in [1.165, 1.54) is 0 Å². The lowest BCUT2D eigenvalue weighted by molar-refractivity contribution is 0.134. The normalized spacial score (nSPS) is 24.7. The van der Waals surface area contributed by atoms with Gasteiger partial charge in [0.2, 0.25) is 0 Å². The number of hydrogen-bond donors (Lipinski definition) is 3. The van der Waals surface area contributed by atoms with Crippen molar-refractivity contribution in [2.24, 2.45) is 10.9 Å². The minimum atomic E-state index is -0.175. The Balaban J connectivity index is 1.83. The number of nitrogens with one attached hydrogen (secondary N) is 2. The second-order valence-electron chi connectivity index (χ2n) is 5.53. The van der Waals surface area contributed by atoms with Crippen LogP contribution in [0.4, 0.5) is 0 Å². The molecule has 5 heteroatoms. The zero-order valence-corrected chi connectivity index (χ0v) is 12.5. The van der Waals surface area contributed by atoms with Gasteiger partial charge in [-0.15, -0.1) is 0 Å². The summed E-state index contributed by atoms with van der Waals surface area (Å²) in [5, 5.41) is 16.4. The Kier molecular flexibility index (Phi) is 5.06. The van der Waals surface area contributed by atoms with Gasteiger partial charge in [-0.2, -0.15) is 0 Å². The first kappa shape index (κ1) is 14.9. The molecule has 1 saturated carbocycles. The second-order valence-corrected chi connectivity index (χ2v) is 5.53. The van der Waals surface area contributed by atoms with Gasteiger partial charge in [0.1, 0.15) is 11.5 Å². The molecule has 3 atom stereocenters. The lowest BCUT2D eigenvalue weighted by Crippen LogP contribution is -2.41. The number of aryl methyl sites for hydroxylation is 1. The Hall–Kier alpha value is -1.49. The van der Waals surface area contributed by atoms with Gasteiger partial charge in [0.15, 0.2) is 5.96 Å². The van der Waals surface area contributed by atoms with E-state index < -0.39 is 0 Å². The SMILES string of the molecule is CN=C(NCC1CCCC1O)NC(C)c1ccc(C)o1. The van der Waals surface area contributed by atoms with E-state index in [0.29, 0.717) is 5.92 Å². The molecule has 0 bridgehead atoms. The fourth-order valence-corrected chi connectivity index (χ4v) is 2.64. The highest BCUT2D eigenvalue weighted by molar-refractivity contribution is 5.80. The van der Waals surface area contributed by atoms with Crippen molar-refractivity contribution in [2.75, 3.05) is 13.6 Å². The third-order valence-corrected chi connectivity index (χ3v) is 3.92. The first-order valence-electron chi connectivity index (χ1n) is 7.31. The highest BCUT2D eigenvalue weighted by Gasteiger charge is 2.25. The van der Waals surface area contributed by atoms with Gasteiger partial charge in [0.25, 0.3) is 0 Å². The number of aliphatic hydroxyl groups is 1. The number of rotatable bonds is 4. The van der Waals surface area contributed by atoms with Crippen LogP contribution in [-0.2, 0) is 0 Å². The number of furan rings is 1. The Morgan fingerprint density at radius 1 is 1.50 bits per heavy atom. The predicted octanol–water partition coefficient (Wildman–Crippen LogP) is 1.98. The topological polar surface area (TPSA) is 69.8 Å². The molecular formula is C15H25N3O2. The van der Waals surface area contributed by atoms with E-state index in [0.717, 1.165) is 43.3 Å². The van der Waals surface area contributed by atoms with Crippen molar-refractivity contribution in [3.8, 4) is 0 Å². The maximum Gasteiger partial charge on any atom is 0.191 e. The fraction of sp³-hybridized carbons (Fsp3) is 0.667. The number of nitrogens with zero attached hydrogens (tertiary/aromatic N) is 1. The molecule has 1 aromatic rings. The average molecular weight is 279 g/mol. The molecule has 1 fully saturated rings. The average Bonchev–Trinajstić information content (AvgIpc) is 3.03. The molecule has 0 spiro atoms. The van der Waals surface area contributed by atoms with Gasteiger partial charge in [-0.25, -0.2) is 0 Å². The fourth-order valence-electron chi connectivity index (χ4n) is 2.64. The summed E-state index contributed by atoms with van der Waals surface area (Å²) < 4.78 is 5.60. The zero-order valence-electron chi connectivity index (χ0n) is 12.5. The molecule has 1 heterocycles. The monoisotopic (exact) mass is 279 g/mol. The Labute approximate surface area is 120 Å². The maximum absolute atomic E-state index is 9.82. The molecule has 0 saturated heterocycles. The summed E-state index contributed by atoms with van der Waals surface area (Å²) in [6.07, 6.45) is 2.94. The summed E-state index contributed by atoms with van der Waals surface area (Å²) in [5.74, 6) is 2.87. The van der Waals surface area contributed by atoms with Crippen LogP contribution in [0.2, 0.25) is 0 Å². The molecule has 0 amide bonds. The van der Waals surface area contributed by atoms with Crippen LogP contribution in [0.1, 0.15) is 43.7 Å².